The number of pyridine rings is 1. The van der Waals surface area contributed by atoms with Crippen LogP contribution in [-0.4, -0.2) is 27.3 Å². The SMILES string of the molecule is O=S(=O)(c1ccc(C(F)(F)F)cc1)N1Cc2ccc(C(F)(F)F)nc2Nc2cccc(OS(=O)(=O)C(F)(F)F)c21. The number of alkyl halides is 9. The van der Waals surface area contributed by atoms with Crippen molar-refractivity contribution in [2.45, 2.75) is 29.3 Å². The monoisotopic (exact) mass is 621 g/mol. The summed E-state index contributed by atoms with van der Waals surface area (Å²) in [5.41, 5.74) is -10.3. The summed E-state index contributed by atoms with van der Waals surface area (Å²) in [5, 5.41) is 2.34. The fraction of sp³-hybridized carbons (Fsp3) is 0.190. The number of sulfonamides is 1. The molecule has 0 spiro atoms. The molecule has 3 aromatic rings. The molecule has 0 saturated carbocycles. The topological polar surface area (TPSA) is 106 Å². The molecule has 0 radical (unpaired) electrons. The number of nitrogens with zero attached hydrogens (tertiary/aromatic N) is 2. The van der Waals surface area contributed by atoms with Gasteiger partial charge in [-0.3, -0.25) is 4.31 Å². The van der Waals surface area contributed by atoms with E-state index in [9.17, 15) is 56.3 Å². The Morgan fingerprint density at radius 3 is 1.98 bits per heavy atom. The second kappa shape index (κ2) is 9.43. The summed E-state index contributed by atoms with van der Waals surface area (Å²) in [5.74, 6) is -1.79. The van der Waals surface area contributed by atoms with Crippen molar-refractivity contribution in [3.63, 3.8) is 0 Å². The fourth-order valence-electron chi connectivity index (χ4n) is 3.50. The summed E-state index contributed by atoms with van der Waals surface area (Å²) >= 11 is 0. The van der Waals surface area contributed by atoms with E-state index in [1.807, 2.05) is 0 Å². The van der Waals surface area contributed by atoms with Crippen LogP contribution in [-0.2, 0) is 39.0 Å². The van der Waals surface area contributed by atoms with Crippen LogP contribution in [0.4, 0.5) is 56.7 Å². The van der Waals surface area contributed by atoms with Crippen molar-refractivity contribution in [3.05, 3.63) is 71.4 Å². The van der Waals surface area contributed by atoms with Gasteiger partial charge in [0.25, 0.3) is 10.0 Å². The molecule has 0 saturated heterocycles. The molecular formula is C21H12F9N3O5S2. The first-order valence-electron chi connectivity index (χ1n) is 10.4. The third kappa shape index (κ3) is 5.47. The summed E-state index contributed by atoms with van der Waals surface area (Å²) in [6.45, 7) is -0.948. The van der Waals surface area contributed by atoms with Crippen molar-refractivity contribution in [1.29, 1.82) is 0 Å². The van der Waals surface area contributed by atoms with Gasteiger partial charge in [-0.1, -0.05) is 12.1 Å². The third-order valence-electron chi connectivity index (χ3n) is 5.34. The zero-order valence-corrected chi connectivity index (χ0v) is 20.7. The van der Waals surface area contributed by atoms with Gasteiger partial charge in [-0.2, -0.15) is 47.9 Å². The van der Waals surface area contributed by atoms with Crippen LogP contribution in [0.25, 0.3) is 0 Å². The van der Waals surface area contributed by atoms with Crippen molar-refractivity contribution in [1.82, 2.24) is 4.98 Å². The number of para-hydroxylation sites is 1. The molecule has 216 valence electrons. The molecule has 0 fully saturated rings. The van der Waals surface area contributed by atoms with E-state index in [1.54, 1.807) is 0 Å². The minimum Gasteiger partial charge on any atom is -0.374 e. The summed E-state index contributed by atoms with van der Waals surface area (Å²) < 4.78 is 173. The Balaban J connectivity index is 1.95. The molecule has 1 aromatic heterocycles. The van der Waals surface area contributed by atoms with Crippen LogP contribution in [0.5, 0.6) is 5.75 Å². The Morgan fingerprint density at radius 1 is 0.800 bits per heavy atom. The molecule has 2 aromatic carbocycles. The maximum Gasteiger partial charge on any atom is 0.534 e. The van der Waals surface area contributed by atoms with E-state index in [-0.39, 0.29) is 9.87 Å². The first-order valence-corrected chi connectivity index (χ1v) is 13.2. The third-order valence-corrected chi connectivity index (χ3v) is 8.06. The van der Waals surface area contributed by atoms with Crippen LogP contribution in [0.15, 0.2) is 59.5 Å². The fourth-order valence-corrected chi connectivity index (χ4v) is 5.44. The van der Waals surface area contributed by atoms with Crippen LogP contribution < -0.4 is 13.8 Å². The number of hydrogen-bond acceptors (Lipinski definition) is 7. The minimum atomic E-state index is -6.38. The van der Waals surface area contributed by atoms with Gasteiger partial charge in [0.15, 0.2) is 5.75 Å². The molecule has 0 amide bonds. The number of nitrogens with one attached hydrogen (secondary N) is 1. The smallest absolute Gasteiger partial charge is 0.374 e. The Kier molecular flexibility index (Phi) is 6.89. The maximum absolute atomic E-state index is 13.6. The molecule has 0 bridgehead atoms. The molecule has 8 nitrogen and oxygen atoms in total. The number of aromatic nitrogens is 1. The highest BCUT2D eigenvalue weighted by atomic mass is 32.2. The summed E-state index contributed by atoms with van der Waals surface area (Å²) in [4.78, 5) is 2.58. The molecular weight excluding hydrogens is 609 g/mol. The lowest BCUT2D eigenvalue weighted by Crippen LogP contribution is -2.32. The van der Waals surface area contributed by atoms with Gasteiger partial charge in [-0.25, -0.2) is 13.4 Å². The van der Waals surface area contributed by atoms with Crippen LogP contribution in [0, 0.1) is 0 Å². The van der Waals surface area contributed by atoms with Crippen molar-refractivity contribution < 1.29 is 60.5 Å². The predicted octanol–water partition coefficient (Wildman–Crippen LogP) is 5.80. The maximum atomic E-state index is 13.6. The molecule has 2 heterocycles. The summed E-state index contributed by atoms with van der Waals surface area (Å²) in [6, 6.07) is 5.73. The standard InChI is InChI=1S/C21H12F9N3O5S2/c22-19(23,24)12-5-7-13(8-6-12)39(34,35)33-10-11-4-9-16(20(25,26)27)32-18(11)31-14-2-1-3-15(17(14)33)38-40(36,37)21(28,29)30/h1-9H,10H2,(H,31,32). The normalized spacial score (nSPS) is 14.6. The van der Waals surface area contributed by atoms with Crippen LogP contribution in [0.2, 0.25) is 0 Å². The Labute approximate surface area is 219 Å². The molecule has 40 heavy (non-hydrogen) atoms. The molecule has 1 N–H and O–H groups in total. The van der Waals surface area contributed by atoms with Gasteiger partial charge in [0.05, 0.1) is 22.7 Å². The van der Waals surface area contributed by atoms with Crippen molar-refractivity contribution in [2.75, 3.05) is 9.62 Å². The van der Waals surface area contributed by atoms with Gasteiger partial charge in [-0.05, 0) is 42.5 Å². The number of rotatable bonds is 4. The van der Waals surface area contributed by atoms with E-state index >= 15 is 0 Å². The predicted molar refractivity (Wildman–Crippen MR) is 119 cm³/mol. The average Bonchev–Trinajstić information content (AvgIpc) is 2.99. The van der Waals surface area contributed by atoms with Gasteiger partial charge < -0.3 is 9.50 Å². The van der Waals surface area contributed by atoms with Gasteiger partial charge >= 0.3 is 28.0 Å². The minimum absolute atomic E-state index is 0.260. The van der Waals surface area contributed by atoms with Crippen LogP contribution in [0.3, 0.4) is 0 Å². The molecule has 0 unspecified atom stereocenters. The summed E-state index contributed by atoms with van der Waals surface area (Å²) in [7, 11) is -11.4. The van der Waals surface area contributed by atoms with Gasteiger partial charge in [0.2, 0.25) is 0 Å². The van der Waals surface area contributed by atoms with Gasteiger partial charge in [-0.15, -0.1) is 0 Å². The molecule has 1 aliphatic heterocycles. The van der Waals surface area contributed by atoms with Crippen molar-refractivity contribution >= 4 is 37.3 Å². The number of hydrogen-bond donors (Lipinski definition) is 1. The zero-order chi connectivity index (χ0) is 29.9. The number of benzene rings is 2. The largest absolute Gasteiger partial charge is 0.534 e. The van der Waals surface area contributed by atoms with Crippen LogP contribution >= 0.6 is 0 Å². The van der Waals surface area contributed by atoms with E-state index in [1.165, 1.54) is 0 Å². The lowest BCUT2D eigenvalue weighted by atomic mass is 10.2. The molecule has 4 rings (SSSR count). The van der Waals surface area contributed by atoms with E-state index in [0.29, 0.717) is 36.4 Å². The lowest BCUT2D eigenvalue weighted by molar-refractivity contribution is -0.141. The lowest BCUT2D eigenvalue weighted by Gasteiger charge is -2.26. The van der Waals surface area contributed by atoms with E-state index < -0.39 is 83.6 Å². The zero-order valence-electron chi connectivity index (χ0n) is 19.1. The van der Waals surface area contributed by atoms with Crippen molar-refractivity contribution in [3.8, 4) is 5.75 Å². The highest BCUT2D eigenvalue weighted by Gasteiger charge is 2.49. The first kappa shape index (κ1) is 29.2. The number of anilines is 3. The Hall–Kier alpha value is -3.74. The molecule has 0 atom stereocenters. The molecule has 1 aliphatic rings. The highest BCUT2D eigenvalue weighted by molar-refractivity contribution is 7.92. The van der Waals surface area contributed by atoms with E-state index in [0.717, 1.165) is 18.2 Å². The van der Waals surface area contributed by atoms with Gasteiger partial charge in [0.1, 0.15) is 17.2 Å². The van der Waals surface area contributed by atoms with E-state index in [4.69, 9.17) is 0 Å². The number of halogens is 9. The first-order chi connectivity index (χ1) is 18.2. The Bertz CT molecular complexity index is 1670. The highest BCUT2D eigenvalue weighted by Crippen LogP contribution is 2.46. The quantitative estimate of drug-likeness (QED) is 0.223. The van der Waals surface area contributed by atoms with Crippen LogP contribution in [0.1, 0.15) is 16.8 Å². The second-order valence-corrected chi connectivity index (χ2v) is 11.4. The second-order valence-electron chi connectivity index (χ2n) is 8.00. The number of fused-ring (bicyclic) bond motifs is 2. The molecule has 0 aliphatic carbocycles. The average molecular weight is 621 g/mol. The Morgan fingerprint density at radius 2 is 1.43 bits per heavy atom. The molecule has 19 heteroatoms. The summed E-state index contributed by atoms with van der Waals surface area (Å²) in [6.07, 6.45) is -9.81. The van der Waals surface area contributed by atoms with E-state index in [2.05, 4.69) is 14.5 Å². The van der Waals surface area contributed by atoms with Gasteiger partial charge in [0, 0.05) is 5.56 Å². The van der Waals surface area contributed by atoms with Crippen molar-refractivity contribution in [2.24, 2.45) is 0 Å².